The quantitative estimate of drug-likeness (QED) is 0.509. The zero-order chi connectivity index (χ0) is 13.6. The molecule has 0 fully saturated rings. The van der Waals surface area contributed by atoms with Gasteiger partial charge in [-0.05, 0) is 0 Å². The van der Waals surface area contributed by atoms with Crippen molar-refractivity contribution in [1.82, 2.24) is 0 Å². The Bertz CT molecular complexity index is 382. The molecule has 0 spiro atoms. The summed E-state index contributed by atoms with van der Waals surface area (Å²) in [5.74, 6) is 0. The molecule has 0 heterocycles. The van der Waals surface area contributed by atoms with Crippen LogP contribution in [0.4, 0.5) is 0 Å². The van der Waals surface area contributed by atoms with Gasteiger partial charge in [0.25, 0.3) is 0 Å². The Hall–Kier alpha value is 0.991. The first-order valence-corrected chi connectivity index (χ1v) is 10.3. The summed E-state index contributed by atoms with van der Waals surface area (Å²) in [4.78, 5) is 0. The zero-order valence-electron chi connectivity index (χ0n) is 13.5. The molecule has 0 nitrogen and oxygen atoms in total. The normalized spacial score (nSPS) is 16.8. The Balaban J connectivity index is 0. The van der Waals surface area contributed by atoms with Crippen molar-refractivity contribution >= 4 is 8.80 Å². The van der Waals surface area contributed by atoms with Gasteiger partial charge >= 0.3 is 121 Å². The van der Waals surface area contributed by atoms with Crippen LogP contribution in [0, 0.1) is 10.8 Å². The van der Waals surface area contributed by atoms with E-state index in [-0.39, 0.29) is 30.2 Å². The molecular weight excluding hydrogens is 327 g/mol. The van der Waals surface area contributed by atoms with Crippen molar-refractivity contribution in [2.45, 2.75) is 61.1 Å². The molecular formula is C15H27Cl2SiTi. The first kappa shape index (κ1) is 22.3. The molecule has 1 aliphatic rings. The van der Waals surface area contributed by atoms with E-state index in [9.17, 15) is 0 Å². The van der Waals surface area contributed by atoms with Crippen molar-refractivity contribution in [3.8, 4) is 0 Å². The van der Waals surface area contributed by atoms with Crippen molar-refractivity contribution < 1.29 is 45.2 Å². The Labute approximate surface area is 145 Å². The summed E-state index contributed by atoms with van der Waals surface area (Å²) in [6, 6.07) is 0. The van der Waals surface area contributed by atoms with Gasteiger partial charge in [-0.25, -0.2) is 0 Å². The standard InChI is InChI=1S/C15H27Si.2ClH.Ti/c1-14(2,3)11-9-10-12(16(7)8)13(11)15(4,5)6;;;/h16H,10H2,1-8H3;2*1H;/q;;;+2/p-2. The van der Waals surface area contributed by atoms with E-state index in [1.165, 1.54) is 6.42 Å². The van der Waals surface area contributed by atoms with E-state index < -0.39 is 8.80 Å². The van der Waals surface area contributed by atoms with Gasteiger partial charge < -0.3 is 24.8 Å². The Kier molecular flexibility index (Phi) is 8.57. The van der Waals surface area contributed by atoms with Gasteiger partial charge in [0.15, 0.2) is 0 Å². The summed E-state index contributed by atoms with van der Waals surface area (Å²) < 4.78 is 1.62. The van der Waals surface area contributed by atoms with Gasteiger partial charge in [0.2, 0.25) is 0 Å². The summed E-state index contributed by atoms with van der Waals surface area (Å²) >= 11 is 2.34. The summed E-state index contributed by atoms with van der Waals surface area (Å²) in [5.41, 5.74) is 3.94. The van der Waals surface area contributed by atoms with Gasteiger partial charge in [-0.1, -0.05) is 0 Å². The van der Waals surface area contributed by atoms with E-state index >= 15 is 0 Å². The number of rotatable bonds is 1. The second kappa shape index (κ2) is 7.31. The van der Waals surface area contributed by atoms with Crippen LogP contribution in [-0.2, 0) is 20.4 Å². The maximum absolute atomic E-state index is 2.47. The van der Waals surface area contributed by atoms with Gasteiger partial charge in [0.05, 0.1) is 0 Å². The van der Waals surface area contributed by atoms with Crippen LogP contribution in [0.2, 0.25) is 13.1 Å². The Morgan fingerprint density at radius 3 is 1.47 bits per heavy atom. The topological polar surface area (TPSA) is 0 Å². The molecule has 0 aromatic heterocycles. The average Bonchev–Trinajstić information content (AvgIpc) is 2.40. The zero-order valence-corrected chi connectivity index (χ0v) is 17.8. The van der Waals surface area contributed by atoms with Crippen molar-refractivity contribution in [2.75, 3.05) is 0 Å². The number of halogens is 2. The summed E-state index contributed by atoms with van der Waals surface area (Å²) in [6.45, 7) is 19.2. The van der Waals surface area contributed by atoms with Crippen molar-refractivity contribution in [3.63, 3.8) is 0 Å². The maximum Gasteiger partial charge on any atom is -1.00 e. The van der Waals surface area contributed by atoms with Gasteiger partial charge in [-0.2, -0.15) is 0 Å². The maximum atomic E-state index is 2.47. The molecule has 0 aromatic carbocycles. The second-order valence-corrected chi connectivity index (χ2v) is 11.5. The van der Waals surface area contributed by atoms with Crippen LogP contribution >= 0.6 is 0 Å². The largest absolute Gasteiger partial charge is 1.00 e. The molecule has 0 unspecified atom stereocenters. The van der Waals surface area contributed by atoms with Crippen molar-refractivity contribution in [2.24, 2.45) is 10.8 Å². The van der Waals surface area contributed by atoms with Crippen molar-refractivity contribution in [3.05, 3.63) is 20.2 Å². The third kappa shape index (κ3) is 5.04. The van der Waals surface area contributed by atoms with E-state index in [0.717, 1.165) is 0 Å². The number of allylic oxidation sites excluding steroid dienone is 4. The second-order valence-electron chi connectivity index (χ2n) is 7.59. The fraction of sp³-hybridized carbons (Fsp3) is 0.733. The Morgan fingerprint density at radius 2 is 1.21 bits per heavy atom. The first-order chi connectivity index (χ1) is 7.46. The molecule has 0 saturated heterocycles. The molecule has 0 amide bonds. The molecule has 0 atom stereocenters. The van der Waals surface area contributed by atoms with E-state index in [4.69, 9.17) is 0 Å². The van der Waals surface area contributed by atoms with Crippen LogP contribution in [0.1, 0.15) is 48.0 Å². The molecule has 1 aliphatic carbocycles. The molecule has 0 aliphatic heterocycles. The minimum atomic E-state index is -0.691. The fourth-order valence-electron chi connectivity index (χ4n) is 2.86. The van der Waals surface area contributed by atoms with E-state index in [0.29, 0.717) is 5.41 Å². The molecule has 0 radical (unpaired) electrons. The SMILES string of the molecule is C[SiH](C)C1=C(C(C)(C)C)C(C(C)(C)C)=[C]([Ti+2])C1.[Cl-].[Cl-]. The van der Waals surface area contributed by atoms with Gasteiger partial charge in [0, 0.05) is 0 Å². The van der Waals surface area contributed by atoms with Crippen LogP contribution in [0.15, 0.2) is 20.2 Å². The van der Waals surface area contributed by atoms with Crippen LogP contribution < -0.4 is 24.8 Å². The van der Waals surface area contributed by atoms with Gasteiger partial charge in [0.1, 0.15) is 0 Å². The molecule has 0 saturated carbocycles. The molecule has 19 heavy (non-hydrogen) atoms. The van der Waals surface area contributed by atoms with Gasteiger partial charge in [-0.3, -0.25) is 0 Å². The summed E-state index contributed by atoms with van der Waals surface area (Å²) in [7, 11) is -0.691. The monoisotopic (exact) mass is 353 g/mol. The number of hydrogen-bond donors (Lipinski definition) is 0. The minimum absolute atomic E-state index is 0. The van der Waals surface area contributed by atoms with Crippen LogP contribution in [-0.4, -0.2) is 8.80 Å². The summed E-state index contributed by atoms with van der Waals surface area (Å²) in [6.07, 6.45) is 1.25. The van der Waals surface area contributed by atoms with E-state index in [1.807, 2.05) is 0 Å². The minimum Gasteiger partial charge on any atom is -1.00 e. The third-order valence-electron chi connectivity index (χ3n) is 3.44. The molecule has 1 rings (SSSR count). The molecule has 4 heteroatoms. The van der Waals surface area contributed by atoms with E-state index in [2.05, 4.69) is 75.1 Å². The van der Waals surface area contributed by atoms with Gasteiger partial charge in [-0.15, -0.1) is 0 Å². The number of hydrogen-bond acceptors (Lipinski definition) is 0. The predicted octanol–water partition coefficient (Wildman–Crippen LogP) is -1.39. The third-order valence-corrected chi connectivity index (χ3v) is 5.99. The van der Waals surface area contributed by atoms with Crippen LogP contribution in [0.5, 0.6) is 0 Å². The van der Waals surface area contributed by atoms with Crippen LogP contribution in [0.25, 0.3) is 0 Å². The fourth-order valence-corrected chi connectivity index (χ4v) is 6.02. The Morgan fingerprint density at radius 1 is 0.842 bits per heavy atom. The molecule has 109 valence electrons. The first-order valence-electron chi connectivity index (χ1n) is 6.65. The van der Waals surface area contributed by atoms with Crippen molar-refractivity contribution in [1.29, 1.82) is 0 Å². The van der Waals surface area contributed by atoms with E-state index in [1.54, 1.807) is 20.2 Å². The summed E-state index contributed by atoms with van der Waals surface area (Å²) in [5, 5.41) is 1.81. The smallest absolute Gasteiger partial charge is 1.00 e. The average molecular weight is 354 g/mol. The van der Waals surface area contributed by atoms with Crippen LogP contribution in [0.3, 0.4) is 0 Å². The predicted molar refractivity (Wildman–Crippen MR) is 76.5 cm³/mol. The molecule has 0 bridgehead atoms. The molecule has 0 N–H and O–H groups in total. The molecule has 0 aromatic rings.